The van der Waals surface area contributed by atoms with Gasteiger partial charge in [0.05, 0.1) is 0 Å². The Morgan fingerprint density at radius 1 is 1.17 bits per heavy atom. The third kappa shape index (κ3) is 4.26. The lowest BCUT2D eigenvalue weighted by atomic mass is 9.95. The smallest absolute Gasteiger partial charge is 0.289 e. The molecule has 0 unspecified atom stereocenters. The van der Waals surface area contributed by atoms with Gasteiger partial charge in [0.15, 0.2) is 5.76 Å². The molecule has 0 bridgehead atoms. The molecule has 2 aromatic carbocycles. The van der Waals surface area contributed by atoms with E-state index in [0.717, 1.165) is 21.0 Å². The fourth-order valence-corrected chi connectivity index (χ4v) is 4.18. The summed E-state index contributed by atoms with van der Waals surface area (Å²) in [5.74, 6) is -0.236. The van der Waals surface area contributed by atoms with Crippen molar-refractivity contribution >= 4 is 38.7 Å². The number of nitrogens with zero attached hydrogens (tertiary/aromatic N) is 1. The molecule has 156 valence electrons. The number of aryl methyl sites for hydroxylation is 1. The second-order valence-electron chi connectivity index (χ2n) is 7.61. The first-order chi connectivity index (χ1) is 14.4. The third-order valence-electron chi connectivity index (χ3n) is 5.63. The summed E-state index contributed by atoms with van der Waals surface area (Å²) in [6, 6.07) is 11.8. The molecule has 30 heavy (non-hydrogen) atoms. The van der Waals surface area contributed by atoms with E-state index in [2.05, 4.69) is 21.2 Å². The number of amides is 2. The van der Waals surface area contributed by atoms with E-state index >= 15 is 0 Å². The number of hydrogen-bond acceptors (Lipinski definition) is 3. The molecule has 1 aromatic heterocycles. The van der Waals surface area contributed by atoms with Crippen LogP contribution < -0.4 is 5.32 Å². The van der Waals surface area contributed by atoms with Crippen LogP contribution in [0.1, 0.15) is 34.5 Å². The topological polar surface area (TPSA) is 62.6 Å². The largest absolute Gasteiger partial charge is 0.451 e. The number of benzene rings is 2. The van der Waals surface area contributed by atoms with Crippen molar-refractivity contribution in [3.8, 4) is 0 Å². The van der Waals surface area contributed by atoms with Crippen LogP contribution in [0.4, 0.5) is 4.39 Å². The van der Waals surface area contributed by atoms with E-state index in [1.807, 2.05) is 25.1 Å². The Kier molecular flexibility index (Phi) is 5.90. The van der Waals surface area contributed by atoms with Crippen LogP contribution in [0.15, 0.2) is 51.4 Å². The maximum Gasteiger partial charge on any atom is 0.289 e. The van der Waals surface area contributed by atoms with Gasteiger partial charge < -0.3 is 14.6 Å². The maximum atomic E-state index is 13.0. The molecule has 2 heterocycles. The van der Waals surface area contributed by atoms with Crippen LogP contribution in [0, 0.1) is 18.7 Å². The molecule has 2 amide bonds. The number of hydrogen-bond donors (Lipinski definition) is 1. The number of carbonyl (C=O) groups excluding carboxylic acids is 2. The molecule has 1 aliphatic rings. The van der Waals surface area contributed by atoms with E-state index in [1.165, 1.54) is 12.1 Å². The fourth-order valence-electron chi connectivity index (χ4n) is 3.82. The number of furan rings is 1. The van der Waals surface area contributed by atoms with Gasteiger partial charge in [0.25, 0.3) is 5.91 Å². The van der Waals surface area contributed by atoms with Crippen molar-refractivity contribution in [3.05, 3.63) is 69.6 Å². The average Bonchev–Trinajstić information content (AvgIpc) is 3.08. The van der Waals surface area contributed by atoms with E-state index in [-0.39, 0.29) is 23.5 Å². The Morgan fingerprint density at radius 3 is 2.57 bits per heavy atom. The summed E-state index contributed by atoms with van der Waals surface area (Å²) in [6.45, 7) is 3.27. The van der Waals surface area contributed by atoms with Crippen molar-refractivity contribution in [1.29, 1.82) is 0 Å². The lowest BCUT2D eigenvalue weighted by Crippen LogP contribution is -2.43. The average molecular weight is 473 g/mol. The predicted molar refractivity (Wildman–Crippen MR) is 116 cm³/mol. The number of rotatable bonds is 4. The monoisotopic (exact) mass is 472 g/mol. The molecule has 1 fully saturated rings. The summed E-state index contributed by atoms with van der Waals surface area (Å²) < 4.78 is 19.7. The number of piperidine rings is 1. The van der Waals surface area contributed by atoms with Crippen LogP contribution in [0.3, 0.4) is 0 Å². The molecule has 4 rings (SSSR count). The second-order valence-corrected chi connectivity index (χ2v) is 8.52. The number of likely N-dealkylation sites (tertiary alicyclic amines) is 1. The highest BCUT2D eigenvalue weighted by atomic mass is 79.9. The van der Waals surface area contributed by atoms with Gasteiger partial charge in [-0.1, -0.05) is 28.1 Å². The fraction of sp³-hybridized carbons (Fsp3) is 0.304. The zero-order chi connectivity index (χ0) is 21.3. The van der Waals surface area contributed by atoms with Crippen molar-refractivity contribution in [2.24, 2.45) is 5.92 Å². The lowest BCUT2D eigenvalue weighted by Gasteiger charge is -2.31. The van der Waals surface area contributed by atoms with Crippen molar-refractivity contribution in [1.82, 2.24) is 10.2 Å². The minimum Gasteiger partial charge on any atom is -0.451 e. The molecule has 0 radical (unpaired) electrons. The molecule has 0 aliphatic carbocycles. The molecule has 7 heteroatoms. The van der Waals surface area contributed by atoms with Crippen LogP contribution in [0.5, 0.6) is 0 Å². The molecular formula is C23H22BrFN2O3. The van der Waals surface area contributed by atoms with E-state index in [9.17, 15) is 14.0 Å². The summed E-state index contributed by atoms with van der Waals surface area (Å²) in [7, 11) is 0. The number of fused-ring (bicyclic) bond motifs is 1. The van der Waals surface area contributed by atoms with E-state index in [1.54, 1.807) is 17.0 Å². The molecule has 1 N–H and O–H groups in total. The molecule has 5 nitrogen and oxygen atoms in total. The van der Waals surface area contributed by atoms with Crippen LogP contribution in [-0.4, -0.2) is 29.8 Å². The molecule has 1 saturated heterocycles. The number of nitrogens with one attached hydrogen (secondary N) is 1. The standard InChI is InChI=1S/C23H22BrFN2O3/c1-14-19-12-17(24)4-7-20(19)30-21(14)23(29)27-10-8-16(9-11-27)22(28)26-13-15-2-5-18(25)6-3-15/h2-7,12,16H,8-11,13H2,1H3,(H,26,28). The first-order valence-electron chi connectivity index (χ1n) is 9.92. The highest BCUT2D eigenvalue weighted by Gasteiger charge is 2.30. The van der Waals surface area contributed by atoms with Crippen LogP contribution in [0.25, 0.3) is 11.0 Å². The van der Waals surface area contributed by atoms with Crippen LogP contribution >= 0.6 is 15.9 Å². The Labute approximate surface area is 182 Å². The Morgan fingerprint density at radius 2 is 1.87 bits per heavy atom. The third-order valence-corrected chi connectivity index (χ3v) is 6.12. The van der Waals surface area contributed by atoms with Crippen molar-refractivity contribution in [2.45, 2.75) is 26.3 Å². The minimum atomic E-state index is -0.297. The summed E-state index contributed by atoms with van der Waals surface area (Å²) >= 11 is 3.45. The van der Waals surface area contributed by atoms with Gasteiger partial charge in [-0.3, -0.25) is 9.59 Å². The van der Waals surface area contributed by atoms with Crippen molar-refractivity contribution < 1.29 is 18.4 Å². The molecular weight excluding hydrogens is 451 g/mol. The molecule has 0 saturated carbocycles. The first kappa shape index (κ1) is 20.6. The normalized spacial score (nSPS) is 14.8. The van der Waals surface area contributed by atoms with Crippen LogP contribution in [0.2, 0.25) is 0 Å². The zero-order valence-electron chi connectivity index (χ0n) is 16.6. The van der Waals surface area contributed by atoms with Gasteiger partial charge in [-0.15, -0.1) is 0 Å². The summed E-state index contributed by atoms with van der Waals surface area (Å²) in [5.41, 5.74) is 2.37. The SMILES string of the molecule is Cc1c(C(=O)N2CCC(C(=O)NCc3ccc(F)cc3)CC2)oc2ccc(Br)cc12. The molecule has 1 aliphatic heterocycles. The van der Waals surface area contributed by atoms with Gasteiger partial charge in [0.1, 0.15) is 11.4 Å². The lowest BCUT2D eigenvalue weighted by molar-refractivity contribution is -0.126. The Bertz CT molecular complexity index is 1090. The summed E-state index contributed by atoms with van der Waals surface area (Å²) in [5, 5.41) is 3.83. The first-order valence-corrected chi connectivity index (χ1v) is 10.7. The van der Waals surface area contributed by atoms with Gasteiger partial charge in [-0.25, -0.2) is 4.39 Å². The van der Waals surface area contributed by atoms with Gasteiger partial charge in [-0.05, 0) is 55.7 Å². The zero-order valence-corrected chi connectivity index (χ0v) is 18.2. The molecule has 0 atom stereocenters. The minimum absolute atomic E-state index is 0.0313. The predicted octanol–water partition coefficient (Wildman–Crippen LogP) is 4.81. The van der Waals surface area contributed by atoms with Gasteiger partial charge in [0, 0.05) is 41.0 Å². The highest BCUT2D eigenvalue weighted by molar-refractivity contribution is 9.10. The highest BCUT2D eigenvalue weighted by Crippen LogP contribution is 2.30. The van der Waals surface area contributed by atoms with Crippen LogP contribution in [-0.2, 0) is 11.3 Å². The van der Waals surface area contributed by atoms with E-state index in [0.29, 0.717) is 43.8 Å². The maximum absolute atomic E-state index is 13.0. The Balaban J connectivity index is 1.35. The quantitative estimate of drug-likeness (QED) is 0.592. The summed E-state index contributed by atoms with van der Waals surface area (Å²) in [4.78, 5) is 27.2. The van der Waals surface area contributed by atoms with Crippen molar-refractivity contribution in [2.75, 3.05) is 13.1 Å². The molecule has 3 aromatic rings. The second kappa shape index (κ2) is 8.60. The van der Waals surface area contributed by atoms with Gasteiger partial charge in [0.2, 0.25) is 5.91 Å². The van der Waals surface area contributed by atoms with Gasteiger partial charge in [-0.2, -0.15) is 0 Å². The van der Waals surface area contributed by atoms with Gasteiger partial charge >= 0.3 is 0 Å². The molecule has 0 spiro atoms. The Hall–Kier alpha value is -2.67. The number of carbonyl (C=O) groups is 2. The van der Waals surface area contributed by atoms with E-state index in [4.69, 9.17) is 4.42 Å². The van der Waals surface area contributed by atoms with E-state index < -0.39 is 0 Å². The summed E-state index contributed by atoms with van der Waals surface area (Å²) in [6.07, 6.45) is 1.21. The number of halogens is 2. The van der Waals surface area contributed by atoms with Crippen molar-refractivity contribution in [3.63, 3.8) is 0 Å².